The predicted molar refractivity (Wildman–Crippen MR) is 95.8 cm³/mol. The highest BCUT2D eigenvalue weighted by atomic mass is 16.6. The van der Waals surface area contributed by atoms with Crippen LogP contribution in [0, 0.1) is 13.8 Å². The van der Waals surface area contributed by atoms with Crippen molar-refractivity contribution in [1.29, 1.82) is 0 Å². The molecule has 25 heavy (non-hydrogen) atoms. The Kier molecular flexibility index (Phi) is 6.67. The second-order valence-electron chi connectivity index (χ2n) is 6.27. The van der Waals surface area contributed by atoms with Crippen LogP contribution < -0.4 is 4.74 Å². The fourth-order valence-corrected chi connectivity index (χ4v) is 2.79. The summed E-state index contributed by atoms with van der Waals surface area (Å²) in [6, 6.07) is 5.86. The van der Waals surface area contributed by atoms with Crippen molar-refractivity contribution in [3.05, 3.63) is 29.3 Å². The van der Waals surface area contributed by atoms with Gasteiger partial charge in [0.2, 0.25) is 0 Å². The van der Waals surface area contributed by atoms with E-state index in [1.807, 2.05) is 39.0 Å². The van der Waals surface area contributed by atoms with Crippen LogP contribution in [-0.4, -0.2) is 60.7 Å². The highest BCUT2D eigenvalue weighted by molar-refractivity contribution is 5.81. The molecule has 1 heterocycles. The molecule has 1 atom stereocenters. The van der Waals surface area contributed by atoms with Crippen LogP contribution in [0.3, 0.4) is 0 Å². The summed E-state index contributed by atoms with van der Waals surface area (Å²) in [5.41, 5.74) is 2.34. The number of hydrogen-bond acceptors (Lipinski definition) is 4. The monoisotopic (exact) mass is 348 g/mol. The number of rotatable bonds is 5. The van der Waals surface area contributed by atoms with Crippen molar-refractivity contribution in [2.24, 2.45) is 0 Å². The molecule has 1 aliphatic heterocycles. The van der Waals surface area contributed by atoms with Gasteiger partial charge in [-0.3, -0.25) is 4.79 Å². The lowest BCUT2D eigenvalue weighted by Gasteiger charge is -2.35. The van der Waals surface area contributed by atoms with E-state index in [-0.39, 0.29) is 12.0 Å². The highest BCUT2D eigenvalue weighted by Gasteiger charge is 2.29. The fraction of sp³-hybridized carbons (Fsp3) is 0.579. The zero-order valence-corrected chi connectivity index (χ0v) is 15.6. The molecule has 2 amide bonds. The molecule has 1 saturated heterocycles. The standard InChI is InChI=1S/C19H28N2O4/c1-5-17(25-16-8-7-14(3)15(4)13-16)18(22)20-9-11-21(12-10-20)19(23)24-6-2/h7-8,13,17H,5-6,9-12H2,1-4H3/t17-/m1/s1. The van der Waals surface area contributed by atoms with Crippen LogP contribution in [0.15, 0.2) is 18.2 Å². The van der Waals surface area contributed by atoms with Gasteiger partial charge in [0.15, 0.2) is 6.10 Å². The Morgan fingerprint density at radius 2 is 1.68 bits per heavy atom. The number of piperazine rings is 1. The van der Waals surface area contributed by atoms with Gasteiger partial charge in [0.05, 0.1) is 6.61 Å². The molecular formula is C19H28N2O4. The molecule has 1 aromatic rings. The zero-order valence-electron chi connectivity index (χ0n) is 15.6. The average molecular weight is 348 g/mol. The Bertz CT molecular complexity index is 609. The van der Waals surface area contributed by atoms with Crippen molar-refractivity contribution in [2.45, 2.75) is 40.2 Å². The maximum Gasteiger partial charge on any atom is 0.409 e. The van der Waals surface area contributed by atoms with Gasteiger partial charge in [-0.25, -0.2) is 4.79 Å². The number of carbonyl (C=O) groups excluding carboxylic acids is 2. The number of carbonyl (C=O) groups is 2. The van der Waals surface area contributed by atoms with Crippen molar-refractivity contribution in [3.8, 4) is 5.75 Å². The quantitative estimate of drug-likeness (QED) is 0.821. The van der Waals surface area contributed by atoms with Crippen LogP contribution in [0.1, 0.15) is 31.4 Å². The van der Waals surface area contributed by atoms with Gasteiger partial charge < -0.3 is 19.3 Å². The molecule has 0 saturated carbocycles. The van der Waals surface area contributed by atoms with E-state index in [1.165, 1.54) is 5.56 Å². The van der Waals surface area contributed by atoms with Gasteiger partial charge in [0.1, 0.15) is 5.75 Å². The molecule has 0 spiro atoms. The summed E-state index contributed by atoms with van der Waals surface area (Å²) in [5.74, 6) is 0.692. The third-order valence-electron chi connectivity index (χ3n) is 4.52. The van der Waals surface area contributed by atoms with Crippen molar-refractivity contribution < 1.29 is 19.1 Å². The third kappa shape index (κ3) is 4.87. The van der Waals surface area contributed by atoms with Crippen LogP contribution in [0.2, 0.25) is 0 Å². The smallest absolute Gasteiger partial charge is 0.409 e. The minimum absolute atomic E-state index is 0.0239. The Morgan fingerprint density at radius 1 is 1.04 bits per heavy atom. The molecule has 0 radical (unpaired) electrons. The number of aryl methyl sites for hydroxylation is 2. The summed E-state index contributed by atoms with van der Waals surface area (Å²) < 4.78 is 10.9. The Hall–Kier alpha value is -2.24. The predicted octanol–water partition coefficient (Wildman–Crippen LogP) is 2.76. The lowest BCUT2D eigenvalue weighted by molar-refractivity contribution is -0.140. The van der Waals surface area contributed by atoms with E-state index in [0.717, 1.165) is 5.56 Å². The van der Waals surface area contributed by atoms with Gasteiger partial charge in [-0.15, -0.1) is 0 Å². The van der Waals surface area contributed by atoms with E-state index in [1.54, 1.807) is 16.7 Å². The molecular weight excluding hydrogens is 320 g/mol. The van der Waals surface area contributed by atoms with Crippen LogP contribution in [0.5, 0.6) is 5.75 Å². The summed E-state index contributed by atoms with van der Waals surface area (Å²) in [7, 11) is 0. The van der Waals surface area contributed by atoms with E-state index in [2.05, 4.69) is 0 Å². The van der Waals surface area contributed by atoms with E-state index in [0.29, 0.717) is 45.0 Å². The average Bonchev–Trinajstić information content (AvgIpc) is 2.62. The summed E-state index contributed by atoms with van der Waals surface area (Å²) in [6.07, 6.45) is -0.214. The van der Waals surface area contributed by atoms with Crippen molar-refractivity contribution >= 4 is 12.0 Å². The molecule has 138 valence electrons. The first-order valence-electron chi connectivity index (χ1n) is 8.90. The van der Waals surface area contributed by atoms with Gasteiger partial charge in [-0.05, 0) is 50.5 Å². The summed E-state index contributed by atoms with van der Waals surface area (Å²) in [4.78, 5) is 27.9. The molecule has 1 fully saturated rings. The van der Waals surface area contributed by atoms with E-state index in [9.17, 15) is 9.59 Å². The summed E-state index contributed by atoms with van der Waals surface area (Å²) in [5, 5.41) is 0. The molecule has 0 aromatic heterocycles. The van der Waals surface area contributed by atoms with Crippen LogP contribution >= 0.6 is 0 Å². The largest absolute Gasteiger partial charge is 0.481 e. The van der Waals surface area contributed by atoms with E-state index in [4.69, 9.17) is 9.47 Å². The molecule has 1 aromatic carbocycles. The second-order valence-corrected chi connectivity index (χ2v) is 6.27. The topological polar surface area (TPSA) is 59.1 Å². The highest BCUT2D eigenvalue weighted by Crippen LogP contribution is 2.19. The van der Waals surface area contributed by atoms with Crippen LogP contribution in [0.25, 0.3) is 0 Å². The SMILES string of the molecule is CCOC(=O)N1CCN(C(=O)[C@@H](CC)Oc2ccc(C)c(C)c2)CC1. The Balaban J connectivity index is 1.94. The van der Waals surface area contributed by atoms with Crippen molar-refractivity contribution in [1.82, 2.24) is 9.80 Å². The summed E-state index contributed by atoms with van der Waals surface area (Å²) >= 11 is 0. The van der Waals surface area contributed by atoms with E-state index < -0.39 is 6.10 Å². The van der Waals surface area contributed by atoms with Gasteiger partial charge in [0.25, 0.3) is 5.91 Å². The second kappa shape index (κ2) is 8.74. The lowest BCUT2D eigenvalue weighted by atomic mass is 10.1. The third-order valence-corrected chi connectivity index (χ3v) is 4.52. The normalized spacial score (nSPS) is 15.7. The number of nitrogens with zero attached hydrogens (tertiary/aromatic N) is 2. The fourth-order valence-electron chi connectivity index (χ4n) is 2.79. The number of ether oxygens (including phenoxy) is 2. The molecule has 0 aliphatic carbocycles. The van der Waals surface area contributed by atoms with Gasteiger partial charge in [0, 0.05) is 26.2 Å². The first kappa shape index (κ1) is 19.1. The molecule has 6 nitrogen and oxygen atoms in total. The van der Waals surface area contributed by atoms with Gasteiger partial charge >= 0.3 is 6.09 Å². The maximum absolute atomic E-state index is 12.8. The van der Waals surface area contributed by atoms with Crippen LogP contribution in [-0.2, 0) is 9.53 Å². The van der Waals surface area contributed by atoms with Gasteiger partial charge in [-0.1, -0.05) is 13.0 Å². The van der Waals surface area contributed by atoms with Crippen molar-refractivity contribution in [3.63, 3.8) is 0 Å². The Morgan fingerprint density at radius 3 is 2.24 bits per heavy atom. The summed E-state index contributed by atoms with van der Waals surface area (Å²) in [6.45, 7) is 10.2. The Labute approximate surface area is 149 Å². The first-order valence-corrected chi connectivity index (χ1v) is 8.90. The molecule has 6 heteroatoms. The van der Waals surface area contributed by atoms with Crippen molar-refractivity contribution in [2.75, 3.05) is 32.8 Å². The van der Waals surface area contributed by atoms with Crippen LogP contribution in [0.4, 0.5) is 4.79 Å². The number of hydrogen-bond donors (Lipinski definition) is 0. The minimum atomic E-state index is -0.503. The van der Waals surface area contributed by atoms with Gasteiger partial charge in [-0.2, -0.15) is 0 Å². The molecule has 1 aliphatic rings. The number of benzene rings is 1. The molecule has 0 bridgehead atoms. The maximum atomic E-state index is 12.8. The zero-order chi connectivity index (χ0) is 18.4. The minimum Gasteiger partial charge on any atom is -0.481 e. The lowest BCUT2D eigenvalue weighted by Crippen LogP contribution is -2.53. The van der Waals surface area contributed by atoms with E-state index >= 15 is 0 Å². The molecule has 2 rings (SSSR count). The molecule has 0 unspecified atom stereocenters. The molecule has 0 N–H and O–H groups in total. The number of amides is 2. The first-order chi connectivity index (χ1) is 12.0.